The molecule has 0 saturated carbocycles. The second-order valence-corrected chi connectivity index (χ2v) is 5.76. The van der Waals surface area contributed by atoms with E-state index in [9.17, 15) is 24.3 Å². The molecule has 0 radical (unpaired) electrons. The third-order valence-electron chi connectivity index (χ3n) is 3.42. The largest absolute Gasteiger partial charge is 0.508 e. The first-order valence-electron chi connectivity index (χ1n) is 7.93. The van der Waals surface area contributed by atoms with Gasteiger partial charge in [0.1, 0.15) is 11.8 Å². The van der Waals surface area contributed by atoms with Crippen LogP contribution in [0.2, 0.25) is 0 Å². The van der Waals surface area contributed by atoms with E-state index in [1.807, 2.05) is 0 Å². The number of primary amides is 1. The Bertz CT molecular complexity index is 661. The fourth-order valence-electron chi connectivity index (χ4n) is 1.97. The molecule has 10 heteroatoms. The molecule has 142 valence electrons. The lowest BCUT2D eigenvalue weighted by atomic mass is 10.1. The number of hydrogen-bond donors (Lipinski definition) is 6. The molecule has 0 heterocycles. The maximum atomic E-state index is 12.1. The fourth-order valence-corrected chi connectivity index (χ4v) is 1.97. The monoisotopic (exact) mass is 366 g/mol. The van der Waals surface area contributed by atoms with Crippen LogP contribution in [0.5, 0.6) is 5.75 Å². The molecule has 1 aromatic carbocycles. The average molecular weight is 366 g/mol. The highest BCUT2D eigenvalue weighted by Crippen LogP contribution is 2.10. The number of carbonyl (C=O) groups is 4. The zero-order valence-corrected chi connectivity index (χ0v) is 14.5. The Morgan fingerprint density at radius 3 is 2.27 bits per heavy atom. The van der Waals surface area contributed by atoms with Gasteiger partial charge in [0.15, 0.2) is 6.04 Å². The molecule has 0 aromatic heterocycles. The van der Waals surface area contributed by atoms with Gasteiger partial charge in [0.25, 0.3) is 5.91 Å². The molecular weight excluding hydrogens is 342 g/mol. The molecule has 0 aliphatic rings. The minimum absolute atomic E-state index is 0.129. The first-order chi connectivity index (χ1) is 12.2. The summed E-state index contributed by atoms with van der Waals surface area (Å²) in [5.41, 5.74) is 9.47. The predicted molar refractivity (Wildman–Crippen MR) is 91.3 cm³/mol. The van der Waals surface area contributed by atoms with Crippen LogP contribution in [-0.4, -0.2) is 53.9 Å². The first kappa shape index (κ1) is 20.9. The van der Waals surface area contributed by atoms with E-state index in [0.29, 0.717) is 6.42 Å². The Balaban J connectivity index is 2.39. The van der Waals surface area contributed by atoms with E-state index in [1.165, 1.54) is 19.1 Å². The SMILES string of the molecule is C[C@@H](NC(=O)[C@@H]([NH3+])Cc1ccc(O)cc1)C(=O)NCC(=O)NCC(N)=O. The summed E-state index contributed by atoms with van der Waals surface area (Å²) in [5.74, 6) is -2.11. The summed E-state index contributed by atoms with van der Waals surface area (Å²) < 4.78 is 0. The number of quaternary nitrogens is 1. The molecule has 2 atom stereocenters. The lowest BCUT2D eigenvalue weighted by Gasteiger charge is -2.16. The van der Waals surface area contributed by atoms with Crippen molar-refractivity contribution in [2.24, 2.45) is 5.73 Å². The standard InChI is InChI=1S/C16H23N5O5/c1-9(15(25)20-8-14(24)19-7-13(18)23)21-16(26)12(17)6-10-2-4-11(22)5-3-10/h2-5,9,12,22H,6-8,17H2,1H3,(H2,18,23)(H,19,24)(H,20,25)(H,21,26)/p+1/t9-,12+/m1/s1. The van der Waals surface area contributed by atoms with Gasteiger partial charge >= 0.3 is 0 Å². The average Bonchev–Trinajstić information content (AvgIpc) is 2.59. The van der Waals surface area contributed by atoms with E-state index < -0.39 is 35.7 Å². The molecular formula is C16H24N5O5+. The summed E-state index contributed by atoms with van der Waals surface area (Å²) in [6.45, 7) is 0.816. The van der Waals surface area contributed by atoms with Crippen molar-refractivity contribution in [3.8, 4) is 5.75 Å². The quantitative estimate of drug-likeness (QED) is 0.268. The smallest absolute Gasteiger partial charge is 0.279 e. The molecule has 10 nitrogen and oxygen atoms in total. The second kappa shape index (κ2) is 9.99. The number of hydrogen-bond acceptors (Lipinski definition) is 5. The normalized spacial score (nSPS) is 12.5. The Kier molecular flexibility index (Phi) is 8.03. The molecule has 0 aliphatic heterocycles. The number of nitrogens with two attached hydrogens (primary N) is 1. The van der Waals surface area contributed by atoms with Crippen molar-refractivity contribution in [2.45, 2.75) is 25.4 Å². The van der Waals surface area contributed by atoms with Crippen molar-refractivity contribution in [3.05, 3.63) is 29.8 Å². The van der Waals surface area contributed by atoms with Gasteiger partial charge in [-0.1, -0.05) is 12.1 Å². The first-order valence-corrected chi connectivity index (χ1v) is 7.93. The molecule has 0 spiro atoms. The number of nitrogens with one attached hydrogen (secondary N) is 3. The van der Waals surface area contributed by atoms with Gasteiger partial charge in [0, 0.05) is 6.42 Å². The molecule has 4 amide bonds. The van der Waals surface area contributed by atoms with Gasteiger partial charge in [0.05, 0.1) is 13.1 Å². The summed E-state index contributed by atoms with van der Waals surface area (Å²) >= 11 is 0. The van der Waals surface area contributed by atoms with Crippen LogP contribution in [0, 0.1) is 0 Å². The highest BCUT2D eigenvalue weighted by atomic mass is 16.3. The summed E-state index contributed by atoms with van der Waals surface area (Å²) in [6, 6.07) is 4.89. The van der Waals surface area contributed by atoms with Crippen molar-refractivity contribution in [1.82, 2.24) is 16.0 Å². The number of phenolic OH excluding ortho intramolecular Hbond substituents is 1. The Hall–Kier alpha value is -3.14. The van der Waals surface area contributed by atoms with Gasteiger partial charge in [-0.2, -0.15) is 0 Å². The fraction of sp³-hybridized carbons (Fsp3) is 0.375. The summed E-state index contributed by atoms with van der Waals surface area (Å²) in [5, 5.41) is 16.3. The van der Waals surface area contributed by atoms with Gasteiger partial charge < -0.3 is 32.5 Å². The summed E-state index contributed by atoms with van der Waals surface area (Å²) in [6.07, 6.45) is 0.343. The van der Waals surface area contributed by atoms with Crippen LogP contribution < -0.4 is 27.4 Å². The molecule has 0 bridgehead atoms. The molecule has 0 unspecified atom stereocenters. The molecule has 0 fully saturated rings. The van der Waals surface area contributed by atoms with Crippen LogP contribution in [0.3, 0.4) is 0 Å². The number of amides is 4. The third kappa shape index (κ3) is 7.62. The molecule has 1 rings (SSSR count). The van der Waals surface area contributed by atoms with Crippen LogP contribution in [0.15, 0.2) is 24.3 Å². The van der Waals surface area contributed by atoms with Crippen molar-refractivity contribution in [1.29, 1.82) is 0 Å². The van der Waals surface area contributed by atoms with E-state index in [4.69, 9.17) is 5.73 Å². The predicted octanol–water partition coefficient (Wildman–Crippen LogP) is -3.23. The van der Waals surface area contributed by atoms with Gasteiger partial charge in [-0.15, -0.1) is 0 Å². The molecule has 0 aliphatic carbocycles. The van der Waals surface area contributed by atoms with Crippen LogP contribution in [0.4, 0.5) is 0 Å². The molecule has 0 saturated heterocycles. The number of benzene rings is 1. The van der Waals surface area contributed by atoms with Crippen molar-refractivity contribution in [3.63, 3.8) is 0 Å². The van der Waals surface area contributed by atoms with Gasteiger partial charge in [-0.25, -0.2) is 0 Å². The molecule has 1 aromatic rings. The topological polar surface area (TPSA) is 178 Å². The third-order valence-corrected chi connectivity index (χ3v) is 3.42. The highest BCUT2D eigenvalue weighted by molar-refractivity contribution is 5.92. The number of carbonyl (C=O) groups excluding carboxylic acids is 4. The Morgan fingerprint density at radius 1 is 1.08 bits per heavy atom. The van der Waals surface area contributed by atoms with Crippen molar-refractivity contribution in [2.75, 3.05) is 13.1 Å². The minimum atomic E-state index is -0.865. The van der Waals surface area contributed by atoms with Gasteiger partial charge in [-0.3, -0.25) is 19.2 Å². The van der Waals surface area contributed by atoms with Crippen LogP contribution >= 0.6 is 0 Å². The van der Waals surface area contributed by atoms with Gasteiger partial charge in [0.2, 0.25) is 17.7 Å². The molecule has 9 N–H and O–H groups in total. The Morgan fingerprint density at radius 2 is 1.69 bits per heavy atom. The highest BCUT2D eigenvalue weighted by Gasteiger charge is 2.23. The number of aromatic hydroxyl groups is 1. The maximum absolute atomic E-state index is 12.1. The van der Waals surface area contributed by atoms with E-state index in [-0.39, 0.29) is 18.8 Å². The minimum Gasteiger partial charge on any atom is -0.508 e. The zero-order valence-electron chi connectivity index (χ0n) is 14.5. The zero-order chi connectivity index (χ0) is 19.7. The van der Waals surface area contributed by atoms with E-state index in [1.54, 1.807) is 12.1 Å². The van der Waals surface area contributed by atoms with Gasteiger partial charge in [-0.05, 0) is 24.6 Å². The summed E-state index contributed by atoms with van der Waals surface area (Å²) in [7, 11) is 0. The second-order valence-electron chi connectivity index (χ2n) is 5.76. The van der Waals surface area contributed by atoms with E-state index in [0.717, 1.165) is 5.56 Å². The number of rotatable bonds is 9. The van der Waals surface area contributed by atoms with Crippen LogP contribution in [0.25, 0.3) is 0 Å². The lowest BCUT2D eigenvalue weighted by molar-refractivity contribution is -0.403. The molecule has 26 heavy (non-hydrogen) atoms. The summed E-state index contributed by atoms with van der Waals surface area (Å²) in [4.78, 5) is 45.9. The van der Waals surface area contributed by atoms with Crippen LogP contribution in [-0.2, 0) is 25.6 Å². The van der Waals surface area contributed by atoms with E-state index in [2.05, 4.69) is 21.7 Å². The lowest BCUT2D eigenvalue weighted by Crippen LogP contribution is -2.69. The maximum Gasteiger partial charge on any atom is 0.279 e. The van der Waals surface area contributed by atoms with Crippen LogP contribution in [0.1, 0.15) is 12.5 Å². The van der Waals surface area contributed by atoms with Crippen molar-refractivity contribution >= 4 is 23.6 Å². The van der Waals surface area contributed by atoms with E-state index >= 15 is 0 Å². The Labute approximate surface area is 150 Å². The van der Waals surface area contributed by atoms with Crippen molar-refractivity contribution < 1.29 is 30.0 Å². The number of phenols is 1.